The van der Waals surface area contributed by atoms with Gasteiger partial charge >= 0.3 is 5.97 Å². The van der Waals surface area contributed by atoms with Gasteiger partial charge in [0.2, 0.25) is 0 Å². The maximum Gasteiger partial charge on any atom is 0.343 e. The Morgan fingerprint density at radius 3 is 1.15 bits per heavy atom. The largest absolute Gasteiger partial charge is 0.423 e. The monoisotopic (exact) mass is 1060 g/mol. The summed E-state index contributed by atoms with van der Waals surface area (Å²) in [5.74, 6) is 0.802. The fourth-order valence-electron chi connectivity index (χ4n) is 12.3. The van der Waals surface area contributed by atoms with E-state index in [4.69, 9.17) is 14.5 Å². The van der Waals surface area contributed by atoms with Crippen molar-refractivity contribution in [3.8, 4) is 11.5 Å². The van der Waals surface area contributed by atoms with Crippen molar-refractivity contribution in [2.75, 3.05) is 9.80 Å². The van der Waals surface area contributed by atoms with E-state index < -0.39 is 5.97 Å². The molecule has 2 aliphatic rings. The van der Waals surface area contributed by atoms with Gasteiger partial charge in [-0.3, -0.25) is 0 Å². The topological polar surface area (TPSA) is 51.2 Å². The van der Waals surface area contributed by atoms with Crippen LogP contribution in [0.25, 0.3) is 24.3 Å². The number of hydrogen-bond acceptors (Lipinski definition) is 6. The lowest BCUT2D eigenvalue weighted by Crippen LogP contribution is -2.27. The summed E-state index contributed by atoms with van der Waals surface area (Å²) in [5, 5.41) is 0. The van der Waals surface area contributed by atoms with Crippen molar-refractivity contribution in [2.45, 2.75) is 63.4 Å². The van der Waals surface area contributed by atoms with Gasteiger partial charge in [-0.2, -0.15) is 4.89 Å². The molecule has 398 valence electrons. The molecule has 1 atom stereocenters. The summed E-state index contributed by atoms with van der Waals surface area (Å²) < 4.78 is 6.19. The minimum atomic E-state index is -0.392. The zero-order valence-electron chi connectivity index (χ0n) is 46.2. The van der Waals surface area contributed by atoms with Crippen molar-refractivity contribution in [2.24, 2.45) is 0 Å². The molecule has 0 fully saturated rings. The molecule has 0 radical (unpaired) electrons. The Hall–Kier alpha value is -9.49. The fourth-order valence-corrected chi connectivity index (χ4v) is 12.3. The van der Waals surface area contributed by atoms with E-state index in [1.165, 1.54) is 22.3 Å². The summed E-state index contributed by atoms with van der Waals surface area (Å²) >= 11 is 0. The van der Waals surface area contributed by atoms with Crippen molar-refractivity contribution in [1.82, 2.24) is 0 Å². The lowest BCUT2D eigenvalue weighted by atomic mass is 9.72. The van der Waals surface area contributed by atoms with Crippen LogP contribution in [0.4, 0.5) is 34.1 Å². The van der Waals surface area contributed by atoms with Gasteiger partial charge in [-0.25, -0.2) is 4.79 Å². The van der Waals surface area contributed by atoms with Crippen LogP contribution >= 0.6 is 0 Å². The van der Waals surface area contributed by atoms with E-state index in [2.05, 4.69) is 256 Å². The number of esters is 1. The van der Waals surface area contributed by atoms with Crippen LogP contribution in [0, 0.1) is 0 Å². The van der Waals surface area contributed by atoms with Gasteiger partial charge < -0.3 is 19.4 Å². The fraction of sp³-hybridized carbons (Fsp3) is 0.133. The van der Waals surface area contributed by atoms with Gasteiger partial charge in [-0.15, -0.1) is 0 Å². The summed E-state index contributed by atoms with van der Waals surface area (Å²) in [6.07, 6.45) is 10.3. The van der Waals surface area contributed by atoms with Crippen molar-refractivity contribution < 1.29 is 19.3 Å². The van der Waals surface area contributed by atoms with Crippen LogP contribution in [0.15, 0.2) is 255 Å². The molecular weight excluding hydrogens is 993 g/mol. The van der Waals surface area contributed by atoms with Crippen LogP contribution in [0.5, 0.6) is 11.5 Å². The SMILES string of the molecule is CC1(C)CC2(CC(C)(C)c3ccc(OC(=O)c4ccc(/C=C/c5ccc(N(c6ccccc6)c6ccccc6)cc5)cc4)cc32)c2cc(OOCc3ccc(/C=C/c4ccc(N(c5ccccc5)c5ccccc5)cc4)cc3)ccc21. The minimum absolute atomic E-state index is 0.101. The Balaban J connectivity index is 0.687. The average Bonchev–Trinajstić information content (AvgIpc) is 4.06. The van der Waals surface area contributed by atoms with Gasteiger partial charge in [0.15, 0.2) is 5.75 Å². The molecule has 1 spiro atoms. The summed E-state index contributed by atoms with van der Waals surface area (Å²) in [7, 11) is 0. The van der Waals surface area contributed by atoms with Crippen molar-refractivity contribution >= 4 is 64.4 Å². The standard InChI is InChI=1S/C75H64N2O4/c1-73(2)52-75(70-49-66(45-47-68(70)73)80-72(78)59-39-33-55(34-40-59)26-28-57-37-43-65(44-38-57)77(62-21-13-7-14-22-62)63-23-15-8-16-24-63)53-74(3,4)69-48-46-67(50-71(69)75)81-79-51-58-31-29-54(30-32-58)25-27-56-35-41-64(42-36-56)76(60-17-9-5-10-18-60)61-19-11-6-12-20-61/h5-50H,51-53H2,1-4H3/b27-25+,28-26+. The van der Waals surface area contributed by atoms with E-state index in [1.807, 2.05) is 60.7 Å². The van der Waals surface area contributed by atoms with Crippen molar-refractivity contribution in [1.29, 1.82) is 0 Å². The summed E-state index contributed by atoms with van der Waals surface area (Å²) in [5.41, 5.74) is 16.8. The third-order valence-corrected chi connectivity index (χ3v) is 16.0. The molecule has 6 nitrogen and oxygen atoms in total. The van der Waals surface area contributed by atoms with E-state index >= 15 is 0 Å². The molecule has 1 unspecified atom stereocenters. The van der Waals surface area contributed by atoms with Gasteiger partial charge in [-0.1, -0.05) is 198 Å². The number of fused-ring (bicyclic) bond motifs is 4. The second kappa shape index (κ2) is 22.3. The van der Waals surface area contributed by atoms with Crippen LogP contribution in [0.1, 0.15) is 101 Å². The minimum Gasteiger partial charge on any atom is -0.423 e. The molecule has 0 N–H and O–H groups in total. The molecule has 2 aliphatic carbocycles. The maximum atomic E-state index is 13.8. The average molecular weight is 1060 g/mol. The van der Waals surface area contributed by atoms with Crippen LogP contribution in [-0.4, -0.2) is 5.97 Å². The molecular formula is C75H64N2O4. The number of para-hydroxylation sites is 4. The Kier molecular flexibility index (Phi) is 14.4. The third kappa shape index (κ3) is 11.1. The number of carbonyl (C=O) groups excluding carboxylic acids is 1. The van der Waals surface area contributed by atoms with Crippen LogP contribution < -0.4 is 19.4 Å². The first kappa shape index (κ1) is 52.2. The molecule has 10 aromatic rings. The molecule has 0 bridgehead atoms. The number of benzene rings is 10. The normalized spacial score (nSPS) is 15.6. The Labute approximate surface area is 476 Å². The van der Waals surface area contributed by atoms with E-state index in [0.717, 1.165) is 74.8 Å². The summed E-state index contributed by atoms with van der Waals surface area (Å²) in [6, 6.07) is 87.4. The van der Waals surface area contributed by atoms with Crippen LogP contribution in [0.3, 0.4) is 0 Å². The number of nitrogens with zero attached hydrogens (tertiary/aromatic N) is 2. The highest BCUT2D eigenvalue weighted by molar-refractivity contribution is 5.91. The zero-order valence-corrected chi connectivity index (χ0v) is 46.2. The number of ether oxygens (including phenoxy) is 1. The van der Waals surface area contributed by atoms with Gasteiger partial charge in [0, 0.05) is 39.5 Å². The summed E-state index contributed by atoms with van der Waals surface area (Å²) in [6.45, 7) is 9.59. The van der Waals surface area contributed by atoms with E-state index in [-0.39, 0.29) is 16.2 Å². The first-order valence-corrected chi connectivity index (χ1v) is 27.9. The third-order valence-electron chi connectivity index (χ3n) is 16.0. The van der Waals surface area contributed by atoms with Crippen LogP contribution in [0.2, 0.25) is 0 Å². The van der Waals surface area contributed by atoms with Gasteiger partial charge in [0.25, 0.3) is 0 Å². The lowest BCUT2D eigenvalue weighted by molar-refractivity contribution is -0.217. The summed E-state index contributed by atoms with van der Waals surface area (Å²) in [4.78, 5) is 30.3. The molecule has 0 heterocycles. The highest BCUT2D eigenvalue weighted by Crippen LogP contribution is 2.63. The Bertz CT molecular complexity index is 3770. The predicted molar refractivity (Wildman–Crippen MR) is 332 cm³/mol. The number of anilines is 6. The molecule has 0 saturated carbocycles. The zero-order chi connectivity index (χ0) is 55.4. The maximum absolute atomic E-state index is 13.8. The molecule has 81 heavy (non-hydrogen) atoms. The molecule has 10 aromatic carbocycles. The molecule has 0 saturated heterocycles. The number of hydrogen-bond donors (Lipinski definition) is 0. The van der Waals surface area contributed by atoms with Crippen molar-refractivity contribution in [3.63, 3.8) is 0 Å². The lowest BCUT2D eigenvalue weighted by Gasteiger charge is -2.30. The van der Waals surface area contributed by atoms with Gasteiger partial charge in [0.1, 0.15) is 12.4 Å². The second-order valence-electron chi connectivity index (χ2n) is 22.6. The van der Waals surface area contributed by atoms with Gasteiger partial charge in [-0.05, 0) is 183 Å². The number of carbonyl (C=O) groups is 1. The first-order chi connectivity index (χ1) is 39.5. The number of rotatable bonds is 16. The Morgan fingerprint density at radius 1 is 0.395 bits per heavy atom. The first-order valence-electron chi connectivity index (χ1n) is 27.9. The van der Waals surface area contributed by atoms with E-state index in [0.29, 0.717) is 23.7 Å². The highest BCUT2D eigenvalue weighted by atomic mass is 17.2. The molecule has 0 aromatic heterocycles. The molecule has 0 aliphatic heterocycles. The quantitative estimate of drug-likeness (QED) is 0.0316. The molecule has 6 heteroatoms. The predicted octanol–water partition coefficient (Wildman–Crippen LogP) is 19.3. The molecule has 0 amide bonds. The van der Waals surface area contributed by atoms with Gasteiger partial charge in [0.05, 0.1) is 5.56 Å². The smallest absolute Gasteiger partial charge is 0.343 e. The van der Waals surface area contributed by atoms with E-state index in [9.17, 15) is 4.79 Å². The second-order valence-corrected chi connectivity index (χ2v) is 22.6. The Morgan fingerprint density at radius 2 is 0.741 bits per heavy atom. The van der Waals surface area contributed by atoms with Crippen LogP contribution in [-0.2, 0) is 27.7 Å². The molecule has 12 rings (SSSR count). The van der Waals surface area contributed by atoms with E-state index in [1.54, 1.807) is 0 Å². The van der Waals surface area contributed by atoms with Crippen molar-refractivity contribution in [3.05, 3.63) is 310 Å². The highest BCUT2D eigenvalue weighted by Gasteiger charge is 2.56.